The van der Waals surface area contributed by atoms with Gasteiger partial charge in [0.15, 0.2) is 11.5 Å². The van der Waals surface area contributed by atoms with Gasteiger partial charge in [-0.3, -0.25) is 4.79 Å². The SMILES string of the molecule is COC(=O)c1ccccc1Nc1ccc(C(=O)N2CCCC2)nn1. The van der Waals surface area contributed by atoms with Crippen molar-refractivity contribution in [1.29, 1.82) is 0 Å². The summed E-state index contributed by atoms with van der Waals surface area (Å²) in [6.45, 7) is 1.54. The zero-order valence-corrected chi connectivity index (χ0v) is 13.4. The highest BCUT2D eigenvalue weighted by Crippen LogP contribution is 2.20. The highest BCUT2D eigenvalue weighted by Gasteiger charge is 2.21. The first kappa shape index (κ1) is 15.9. The highest BCUT2D eigenvalue weighted by molar-refractivity contribution is 5.96. The van der Waals surface area contributed by atoms with Crippen molar-refractivity contribution in [2.24, 2.45) is 0 Å². The van der Waals surface area contributed by atoms with E-state index in [1.54, 1.807) is 41.3 Å². The van der Waals surface area contributed by atoms with Gasteiger partial charge in [-0.1, -0.05) is 12.1 Å². The number of nitrogens with zero attached hydrogens (tertiary/aromatic N) is 3. The van der Waals surface area contributed by atoms with E-state index >= 15 is 0 Å². The smallest absolute Gasteiger partial charge is 0.339 e. The van der Waals surface area contributed by atoms with Crippen molar-refractivity contribution in [2.45, 2.75) is 12.8 Å². The molecule has 0 spiro atoms. The first-order valence-electron chi connectivity index (χ1n) is 7.76. The van der Waals surface area contributed by atoms with Gasteiger partial charge < -0.3 is 15.0 Å². The second-order valence-electron chi connectivity index (χ2n) is 5.47. The van der Waals surface area contributed by atoms with Crippen molar-refractivity contribution >= 4 is 23.4 Å². The van der Waals surface area contributed by atoms with Gasteiger partial charge in [0.05, 0.1) is 18.4 Å². The fraction of sp³-hybridized carbons (Fsp3) is 0.294. The van der Waals surface area contributed by atoms with E-state index in [4.69, 9.17) is 4.74 Å². The molecule has 0 atom stereocenters. The lowest BCUT2D eigenvalue weighted by atomic mass is 10.2. The third-order valence-corrected chi connectivity index (χ3v) is 3.87. The summed E-state index contributed by atoms with van der Waals surface area (Å²) in [4.78, 5) is 25.8. The Morgan fingerprint density at radius 3 is 2.50 bits per heavy atom. The van der Waals surface area contributed by atoms with Crippen LogP contribution in [0.15, 0.2) is 36.4 Å². The van der Waals surface area contributed by atoms with Crippen LogP contribution in [0.1, 0.15) is 33.7 Å². The molecule has 1 fully saturated rings. The lowest BCUT2D eigenvalue weighted by Gasteiger charge is -2.14. The molecule has 1 aliphatic rings. The average Bonchev–Trinajstić information content (AvgIpc) is 3.16. The number of carbonyl (C=O) groups is 2. The second kappa shape index (κ2) is 7.08. The summed E-state index contributed by atoms with van der Waals surface area (Å²) in [5.41, 5.74) is 1.29. The second-order valence-corrected chi connectivity index (χ2v) is 5.47. The zero-order chi connectivity index (χ0) is 16.9. The van der Waals surface area contributed by atoms with Crippen molar-refractivity contribution in [3.05, 3.63) is 47.7 Å². The fourth-order valence-corrected chi connectivity index (χ4v) is 2.61. The molecular formula is C17H18N4O3. The molecule has 1 N–H and O–H groups in total. The highest BCUT2D eigenvalue weighted by atomic mass is 16.5. The lowest BCUT2D eigenvalue weighted by molar-refractivity contribution is 0.0601. The molecule has 0 saturated carbocycles. The maximum absolute atomic E-state index is 12.2. The minimum absolute atomic E-state index is 0.0958. The maximum Gasteiger partial charge on any atom is 0.339 e. The average molecular weight is 326 g/mol. The van der Waals surface area contributed by atoms with Crippen LogP contribution in [0.2, 0.25) is 0 Å². The zero-order valence-electron chi connectivity index (χ0n) is 13.4. The van der Waals surface area contributed by atoms with Gasteiger partial charge in [-0.05, 0) is 37.1 Å². The van der Waals surface area contributed by atoms with Crippen LogP contribution in [0.3, 0.4) is 0 Å². The summed E-state index contributed by atoms with van der Waals surface area (Å²) in [6, 6.07) is 10.3. The number of amides is 1. The Hall–Kier alpha value is -2.96. The van der Waals surface area contributed by atoms with Crippen molar-refractivity contribution < 1.29 is 14.3 Å². The third kappa shape index (κ3) is 3.34. The Labute approximate surface area is 139 Å². The van der Waals surface area contributed by atoms with Crippen molar-refractivity contribution in [1.82, 2.24) is 15.1 Å². The molecule has 1 aromatic carbocycles. The molecule has 0 bridgehead atoms. The molecule has 24 heavy (non-hydrogen) atoms. The van der Waals surface area contributed by atoms with E-state index in [1.807, 2.05) is 0 Å². The number of methoxy groups -OCH3 is 1. The number of benzene rings is 1. The van der Waals surface area contributed by atoms with Crippen LogP contribution in [0, 0.1) is 0 Å². The van der Waals surface area contributed by atoms with Gasteiger partial charge in [0, 0.05) is 13.1 Å². The molecule has 0 unspecified atom stereocenters. The predicted molar refractivity (Wildman–Crippen MR) is 88.2 cm³/mol. The van der Waals surface area contributed by atoms with Gasteiger partial charge >= 0.3 is 5.97 Å². The Bertz CT molecular complexity index is 740. The summed E-state index contributed by atoms with van der Waals surface area (Å²) in [7, 11) is 1.33. The maximum atomic E-state index is 12.2. The monoisotopic (exact) mass is 326 g/mol. The molecule has 1 aliphatic heterocycles. The van der Waals surface area contributed by atoms with Crippen LogP contribution in [0.5, 0.6) is 0 Å². The van der Waals surface area contributed by atoms with Gasteiger partial charge in [0.2, 0.25) is 0 Å². The van der Waals surface area contributed by atoms with Crippen LogP contribution < -0.4 is 5.32 Å². The molecule has 7 heteroatoms. The number of hydrogen-bond acceptors (Lipinski definition) is 6. The number of aromatic nitrogens is 2. The lowest BCUT2D eigenvalue weighted by Crippen LogP contribution is -2.28. The van der Waals surface area contributed by atoms with Crippen molar-refractivity contribution in [3.8, 4) is 0 Å². The number of esters is 1. The number of likely N-dealkylation sites (tertiary alicyclic amines) is 1. The molecule has 1 saturated heterocycles. The normalized spacial score (nSPS) is 13.6. The van der Waals surface area contributed by atoms with Gasteiger partial charge in [0.25, 0.3) is 5.91 Å². The molecule has 1 amide bonds. The largest absolute Gasteiger partial charge is 0.465 e. The fourth-order valence-electron chi connectivity index (χ4n) is 2.61. The Morgan fingerprint density at radius 2 is 1.83 bits per heavy atom. The minimum atomic E-state index is -0.438. The van der Waals surface area contributed by atoms with Crippen molar-refractivity contribution in [2.75, 3.05) is 25.5 Å². The number of ether oxygens (including phenoxy) is 1. The standard InChI is InChI=1S/C17H18N4O3/c1-24-17(23)12-6-2-3-7-13(12)18-15-9-8-14(19-20-15)16(22)21-10-4-5-11-21/h2-3,6-9H,4-5,10-11H2,1H3,(H,18,20). The van der Waals surface area contributed by atoms with Gasteiger partial charge in [-0.2, -0.15) is 0 Å². The minimum Gasteiger partial charge on any atom is -0.465 e. The molecule has 3 rings (SSSR count). The van der Waals surface area contributed by atoms with Crippen molar-refractivity contribution in [3.63, 3.8) is 0 Å². The van der Waals surface area contributed by atoms with E-state index in [9.17, 15) is 9.59 Å². The van der Waals surface area contributed by atoms with Crippen LogP contribution in [-0.4, -0.2) is 47.2 Å². The van der Waals surface area contributed by atoms with E-state index in [0.717, 1.165) is 25.9 Å². The number of nitrogens with one attached hydrogen (secondary N) is 1. The predicted octanol–water partition coefficient (Wildman–Crippen LogP) is 2.24. The number of hydrogen-bond donors (Lipinski definition) is 1. The molecular weight excluding hydrogens is 308 g/mol. The van der Waals surface area contributed by atoms with Gasteiger partial charge in [-0.15, -0.1) is 10.2 Å². The quantitative estimate of drug-likeness (QED) is 0.868. The molecule has 0 aliphatic carbocycles. The molecule has 124 valence electrons. The van der Waals surface area contributed by atoms with E-state index < -0.39 is 5.97 Å². The van der Waals surface area contributed by atoms with Crippen LogP contribution in [0.4, 0.5) is 11.5 Å². The molecule has 2 heterocycles. The number of anilines is 2. The summed E-state index contributed by atoms with van der Waals surface area (Å²) < 4.78 is 4.76. The van der Waals surface area contributed by atoms with Crippen LogP contribution >= 0.6 is 0 Å². The van der Waals surface area contributed by atoms with E-state index in [-0.39, 0.29) is 5.91 Å². The molecule has 0 radical (unpaired) electrons. The molecule has 2 aromatic rings. The van der Waals surface area contributed by atoms with Crippen LogP contribution in [0.25, 0.3) is 0 Å². The Kier molecular flexibility index (Phi) is 4.69. The molecule has 1 aromatic heterocycles. The van der Waals surface area contributed by atoms with Gasteiger partial charge in [0.1, 0.15) is 0 Å². The van der Waals surface area contributed by atoms with E-state index in [0.29, 0.717) is 22.8 Å². The molecule has 7 nitrogen and oxygen atoms in total. The summed E-state index contributed by atoms with van der Waals surface area (Å²) in [6.07, 6.45) is 2.06. The summed E-state index contributed by atoms with van der Waals surface area (Å²) in [5, 5.41) is 11.1. The third-order valence-electron chi connectivity index (χ3n) is 3.87. The number of carbonyl (C=O) groups excluding carboxylic acids is 2. The van der Waals surface area contributed by atoms with Gasteiger partial charge in [-0.25, -0.2) is 4.79 Å². The number of para-hydroxylation sites is 1. The van der Waals surface area contributed by atoms with Crippen LogP contribution in [-0.2, 0) is 4.74 Å². The first-order chi connectivity index (χ1) is 11.7. The summed E-state index contributed by atoms with van der Waals surface area (Å²) >= 11 is 0. The number of rotatable bonds is 4. The first-order valence-corrected chi connectivity index (χ1v) is 7.76. The van der Waals surface area contributed by atoms with E-state index in [1.165, 1.54) is 7.11 Å². The Morgan fingerprint density at radius 1 is 1.08 bits per heavy atom. The Balaban J connectivity index is 1.75. The summed E-state index contributed by atoms with van der Waals surface area (Å²) in [5.74, 6) is -0.0854. The topological polar surface area (TPSA) is 84.4 Å². The van der Waals surface area contributed by atoms with E-state index in [2.05, 4.69) is 15.5 Å².